The fourth-order valence-electron chi connectivity index (χ4n) is 2.91. The van der Waals surface area contributed by atoms with Crippen LogP contribution >= 0.6 is 39.9 Å². The number of ether oxygens (including phenoxy) is 1. The maximum Gasteiger partial charge on any atom is 0.261 e. The molecule has 0 atom stereocenters. The molecule has 0 amide bonds. The van der Waals surface area contributed by atoms with Gasteiger partial charge >= 0.3 is 0 Å². The molecular formula is C18H22BrCl2N3O3S. The Labute approximate surface area is 185 Å². The van der Waals surface area contributed by atoms with Gasteiger partial charge in [0.25, 0.3) is 10.0 Å². The summed E-state index contributed by atoms with van der Waals surface area (Å²) in [6, 6.07) is 9.81. The normalized spacial score (nSPS) is 15.1. The van der Waals surface area contributed by atoms with Crippen LogP contribution in [0, 0.1) is 0 Å². The molecule has 2 aromatic rings. The standard InChI is InChI=1S/C18H21BrClN3O3S.ClH/c1-22-7-9-23(10-8-22)17-12-14(4-6-18(17)26-2)27(24,25)21-13-3-5-15(19)16(20)11-13;/h3-6,11-12,21H,7-10H2,1-2H3;1H. The minimum absolute atomic E-state index is 0. The number of piperazine rings is 1. The number of likely N-dealkylation sites (N-methyl/N-ethyl adjacent to an activating group) is 1. The van der Waals surface area contributed by atoms with Crippen molar-refractivity contribution < 1.29 is 13.2 Å². The van der Waals surface area contributed by atoms with Crippen LogP contribution in [0.1, 0.15) is 0 Å². The van der Waals surface area contributed by atoms with Gasteiger partial charge in [0.1, 0.15) is 5.75 Å². The van der Waals surface area contributed by atoms with Crippen molar-refractivity contribution >= 4 is 61.3 Å². The quantitative estimate of drug-likeness (QED) is 0.656. The molecule has 2 aromatic carbocycles. The molecular weight excluding hydrogens is 489 g/mol. The number of hydrogen-bond acceptors (Lipinski definition) is 5. The lowest BCUT2D eigenvalue weighted by Gasteiger charge is -2.34. The highest BCUT2D eigenvalue weighted by Crippen LogP contribution is 2.33. The van der Waals surface area contributed by atoms with E-state index in [4.69, 9.17) is 16.3 Å². The first-order valence-electron chi connectivity index (χ1n) is 8.39. The molecule has 1 fully saturated rings. The number of sulfonamides is 1. The van der Waals surface area contributed by atoms with Crippen molar-refractivity contribution in [2.45, 2.75) is 4.90 Å². The minimum atomic E-state index is -3.76. The van der Waals surface area contributed by atoms with Gasteiger partial charge in [-0.15, -0.1) is 12.4 Å². The Morgan fingerprint density at radius 2 is 1.79 bits per heavy atom. The number of nitrogens with one attached hydrogen (secondary N) is 1. The van der Waals surface area contributed by atoms with Crippen molar-refractivity contribution in [2.75, 3.05) is 50.0 Å². The largest absolute Gasteiger partial charge is 0.495 e. The SMILES string of the molecule is COc1ccc(S(=O)(=O)Nc2ccc(Br)c(Cl)c2)cc1N1CCN(C)CC1.Cl. The Morgan fingerprint density at radius 1 is 1.11 bits per heavy atom. The van der Waals surface area contributed by atoms with Gasteiger partial charge in [-0.2, -0.15) is 0 Å². The molecule has 0 bridgehead atoms. The zero-order valence-corrected chi connectivity index (χ0v) is 19.5. The van der Waals surface area contributed by atoms with Gasteiger partial charge < -0.3 is 14.5 Å². The molecule has 0 radical (unpaired) electrons. The summed E-state index contributed by atoms with van der Waals surface area (Å²) in [5, 5.41) is 0.433. The van der Waals surface area contributed by atoms with Gasteiger partial charge in [-0.1, -0.05) is 11.6 Å². The third-order valence-corrected chi connectivity index (χ3v) is 7.09. The summed E-state index contributed by atoms with van der Waals surface area (Å²) in [4.78, 5) is 4.56. The highest BCUT2D eigenvalue weighted by atomic mass is 79.9. The third kappa shape index (κ3) is 5.24. The van der Waals surface area contributed by atoms with Crippen LogP contribution in [-0.2, 0) is 10.0 Å². The average molecular weight is 511 g/mol. The summed E-state index contributed by atoms with van der Waals surface area (Å²) >= 11 is 9.35. The first-order valence-corrected chi connectivity index (χ1v) is 11.0. The molecule has 1 aliphatic rings. The van der Waals surface area contributed by atoms with E-state index in [9.17, 15) is 8.42 Å². The molecule has 1 saturated heterocycles. The molecule has 0 aromatic heterocycles. The highest BCUT2D eigenvalue weighted by molar-refractivity contribution is 9.10. The van der Waals surface area contributed by atoms with Crippen molar-refractivity contribution in [3.05, 3.63) is 45.9 Å². The van der Waals surface area contributed by atoms with Gasteiger partial charge in [-0.05, 0) is 59.4 Å². The fourth-order valence-corrected chi connectivity index (χ4v) is 4.40. The molecule has 1 heterocycles. The molecule has 0 spiro atoms. The first kappa shape index (κ1) is 23.1. The van der Waals surface area contributed by atoms with E-state index in [0.717, 1.165) is 31.9 Å². The lowest BCUT2D eigenvalue weighted by Crippen LogP contribution is -2.44. The molecule has 0 aliphatic carbocycles. The Hall–Kier alpha value is -1.19. The van der Waals surface area contributed by atoms with Crippen LogP contribution in [0.3, 0.4) is 0 Å². The summed E-state index contributed by atoms with van der Waals surface area (Å²) in [5.41, 5.74) is 1.18. The predicted octanol–water partition coefficient (Wildman–Crippen LogP) is 4.09. The van der Waals surface area contributed by atoms with Crippen LogP contribution in [0.25, 0.3) is 0 Å². The molecule has 154 valence electrons. The summed E-state index contributed by atoms with van der Waals surface area (Å²) < 4.78 is 34.4. The second kappa shape index (κ2) is 9.54. The van der Waals surface area contributed by atoms with Gasteiger partial charge in [0.2, 0.25) is 0 Å². The van der Waals surface area contributed by atoms with E-state index in [-0.39, 0.29) is 17.3 Å². The van der Waals surface area contributed by atoms with Crippen molar-refractivity contribution in [1.82, 2.24) is 4.90 Å². The van der Waals surface area contributed by atoms with Crippen molar-refractivity contribution in [1.29, 1.82) is 0 Å². The monoisotopic (exact) mass is 509 g/mol. The lowest BCUT2D eigenvalue weighted by atomic mass is 10.2. The highest BCUT2D eigenvalue weighted by Gasteiger charge is 2.22. The third-order valence-electron chi connectivity index (χ3n) is 4.48. The maximum absolute atomic E-state index is 12.9. The topological polar surface area (TPSA) is 61.9 Å². The van der Waals surface area contributed by atoms with Gasteiger partial charge in [0.05, 0.1) is 28.4 Å². The Bertz CT molecular complexity index is 936. The zero-order valence-electron chi connectivity index (χ0n) is 15.5. The van der Waals surface area contributed by atoms with E-state index in [2.05, 4.69) is 37.5 Å². The number of hydrogen-bond donors (Lipinski definition) is 1. The smallest absolute Gasteiger partial charge is 0.261 e. The maximum atomic E-state index is 12.9. The van der Waals surface area contributed by atoms with E-state index in [0.29, 0.717) is 20.9 Å². The Kier molecular flexibility index (Phi) is 7.87. The lowest BCUT2D eigenvalue weighted by molar-refractivity contribution is 0.311. The summed E-state index contributed by atoms with van der Waals surface area (Å²) in [5.74, 6) is 0.658. The number of benzene rings is 2. The predicted molar refractivity (Wildman–Crippen MR) is 120 cm³/mol. The molecule has 10 heteroatoms. The van der Waals surface area contributed by atoms with Crippen LogP contribution < -0.4 is 14.4 Å². The van der Waals surface area contributed by atoms with Gasteiger partial charge in [-0.25, -0.2) is 8.42 Å². The molecule has 3 rings (SSSR count). The van der Waals surface area contributed by atoms with Gasteiger partial charge in [0, 0.05) is 30.7 Å². The van der Waals surface area contributed by atoms with E-state index < -0.39 is 10.0 Å². The van der Waals surface area contributed by atoms with Crippen LogP contribution in [0.15, 0.2) is 45.8 Å². The first-order chi connectivity index (χ1) is 12.8. The Balaban J connectivity index is 0.00000280. The van der Waals surface area contributed by atoms with E-state index in [1.54, 1.807) is 43.5 Å². The number of nitrogens with zero attached hydrogens (tertiary/aromatic N) is 2. The number of methoxy groups -OCH3 is 1. The molecule has 1 N–H and O–H groups in total. The Morgan fingerprint density at radius 3 is 2.39 bits per heavy atom. The minimum Gasteiger partial charge on any atom is -0.495 e. The van der Waals surface area contributed by atoms with Crippen LogP contribution in [0.5, 0.6) is 5.75 Å². The molecule has 0 unspecified atom stereocenters. The van der Waals surface area contributed by atoms with Gasteiger partial charge in [0.15, 0.2) is 0 Å². The average Bonchev–Trinajstić information content (AvgIpc) is 2.64. The zero-order chi connectivity index (χ0) is 19.6. The van der Waals surface area contributed by atoms with Crippen LogP contribution in [0.4, 0.5) is 11.4 Å². The fraction of sp³-hybridized carbons (Fsp3) is 0.333. The van der Waals surface area contributed by atoms with E-state index in [1.807, 2.05) is 0 Å². The number of rotatable bonds is 5. The summed E-state index contributed by atoms with van der Waals surface area (Å²) in [7, 11) is -0.0959. The van der Waals surface area contributed by atoms with Crippen LogP contribution in [0.2, 0.25) is 5.02 Å². The van der Waals surface area contributed by atoms with E-state index in [1.165, 1.54) is 0 Å². The second-order valence-electron chi connectivity index (χ2n) is 6.36. The second-order valence-corrected chi connectivity index (χ2v) is 9.30. The molecule has 6 nitrogen and oxygen atoms in total. The van der Waals surface area contributed by atoms with Gasteiger partial charge in [-0.3, -0.25) is 4.72 Å². The number of halogens is 3. The molecule has 28 heavy (non-hydrogen) atoms. The molecule has 1 aliphatic heterocycles. The van der Waals surface area contributed by atoms with Crippen molar-refractivity contribution in [3.8, 4) is 5.75 Å². The molecule has 0 saturated carbocycles. The van der Waals surface area contributed by atoms with Crippen molar-refractivity contribution in [3.63, 3.8) is 0 Å². The summed E-state index contributed by atoms with van der Waals surface area (Å²) in [6.07, 6.45) is 0. The van der Waals surface area contributed by atoms with Crippen molar-refractivity contribution in [2.24, 2.45) is 0 Å². The van der Waals surface area contributed by atoms with E-state index >= 15 is 0 Å². The number of anilines is 2. The van der Waals surface area contributed by atoms with Crippen LogP contribution in [-0.4, -0.2) is 53.7 Å². The summed E-state index contributed by atoms with van der Waals surface area (Å²) in [6.45, 7) is 3.45.